The molecule has 94 valence electrons. The molecule has 0 aliphatic carbocycles. The van der Waals surface area contributed by atoms with Crippen LogP contribution in [0.4, 0.5) is 4.39 Å². The van der Waals surface area contributed by atoms with Crippen molar-refractivity contribution in [1.29, 1.82) is 0 Å². The molecule has 3 N–H and O–H groups in total. The minimum atomic E-state index is -0.828. The van der Waals surface area contributed by atoms with Gasteiger partial charge in [0.2, 0.25) is 0 Å². The van der Waals surface area contributed by atoms with Crippen molar-refractivity contribution in [2.75, 3.05) is 13.1 Å². The van der Waals surface area contributed by atoms with Crippen LogP contribution in [-0.4, -0.2) is 29.3 Å². The average molecular weight is 241 g/mol. The minimum absolute atomic E-state index is 0.111. The number of hydrogen-bond acceptors (Lipinski definition) is 3. The third kappa shape index (κ3) is 5.42. The van der Waals surface area contributed by atoms with Crippen LogP contribution in [0.15, 0.2) is 24.3 Å². The standard InChI is InChI=1S/C12H16FNO3/c13-10-5-3-9(4-6-10)11(15)8-14-7-1-2-12(16)17/h3-6,11,14-15H,1-2,7-8H2,(H,16,17). The van der Waals surface area contributed by atoms with E-state index in [9.17, 15) is 14.3 Å². The summed E-state index contributed by atoms with van der Waals surface area (Å²) in [6, 6.07) is 5.64. The SMILES string of the molecule is O=C(O)CCCNCC(O)c1ccc(F)cc1. The number of carbonyl (C=O) groups is 1. The number of nitrogens with one attached hydrogen (secondary N) is 1. The van der Waals surface area contributed by atoms with Gasteiger partial charge < -0.3 is 15.5 Å². The summed E-state index contributed by atoms with van der Waals surface area (Å²) in [7, 11) is 0. The van der Waals surface area contributed by atoms with Crippen molar-refractivity contribution in [3.63, 3.8) is 0 Å². The van der Waals surface area contributed by atoms with Gasteiger partial charge in [0.25, 0.3) is 0 Å². The molecular formula is C12H16FNO3. The number of aliphatic hydroxyl groups is 1. The molecule has 1 unspecified atom stereocenters. The van der Waals surface area contributed by atoms with Crippen molar-refractivity contribution >= 4 is 5.97 Å². The molecular weight excluding hydrogens is 225 g/mol. The largest absolute Gasteiger partial charge is 0.481 e. The molecule has 5 heteroatoms. The third-order valence-corrected chi connectivity index (χ3v) is 2.34. The first kappa shape index (κ1) is 13.6. The van der Waals surface area contributed by atoms with E-state index in [2.05, 4.69) is 5.32 Å². The molecule has 1 atom stereocenters. The monoisotopic (exact) mass is 241 g/mol. The summed E-state index contributed by atoms with van der Waals surface area (Å²) in [4.78, 5) is 10.2. The highest BCUT2D eigenvalue weighted by molar-refractivity contribution is 5.66. The molecule has 1 aromatic rings. The van der Waals surface area contributed by atoms with Crippen molar-refractivity contribution in [2.24, 2.45) is 0 Å². The molecule has 0 bridgehead atoms. The highest BCUT2D eigenvalue weighted by Crippen LogP contribution is 2.12. The summed E-state index contributed by atoms with van der Waals surface area (Å²) in [6.07, 6.45) is -0.0779. The number of aliphatic hydroxyl groups excluding tert-OH is 1. The molecule has 0 amide bonds. The molecule has 17 heavy (non-hydrogen) atoms. The normalized spacial score (nSPS) is 12.4. The molecule has 1 aromatic carbocycles. The molecule has 0 aliphatic rings. The van der Waals surface area contributed by atoms with Crippen LogP contribution in [0.1, 0.15) is 24.5 Å². The van der Waals surface area contributed by atoms with Crippen LogP contribution in [0.3, 0.4) is 0 Å². The van der Waals surface area contributed by atoms with E-state index in [1.54, 1.807) is 0 Å². The van der Waals surface area contributed by atoms with Gasteiger partial charge in [0.05, 0.1) is 6.10 Å². The van der Waals surface area contributed by atoms with Gasteiger partial charge in [-0.05, 0) is 30.7 Å². The van der Waals surface area contributed by atoms with Crippen LogP contribution in [0, 0.1) is 5.82 Å². The van der Waals surface area contributed by atoms with Crippen molar-refractivity contribution in [3.05, 3.63) is 35.6 Å². The summed E-state index contributed by atoms with van der Waals surface area (Å²) >= 11 is 0. The number of hydrogen-bond donors (Lipinski definition) is 3. The quantitative estimate of drug-likeness (QED) is 0.630. The third-order valence-electron chi connectivity index (χ3n) is 2.34. The molecule has 4 nitrogen and oxygen atoms in total. The number of rotatable bonds is 7. The summed E-state index contributed by atoms with van der Waals surface area (Å²) < 4.78 is 12.6. The summed E-state index contributed by atoms with van der Waals surface area (Å²) in [6.45, 7) is 0.857. The maximum atomic E-state index is 12.6. The van der Waals surface area contributed by atoms with Crippen molar-refractivity contribution < 1.29 is 19.4 Å². The lowest BCUT2D eigenvalue weighted by molar-refractivity contribution is -0.137. The lowest BCUT2D eigenvalue weighted by atomic mass is 10.1. The number of aliphatic carboxylic acids is 1. The minimum Gasteiger partial charge on any atom is -0.481 e. The Morgan fingerprint density at radius 1 is 1.35 bits per heavy atom. The van der Waals surface area contributed by atoms with Gasteiger partial charge in [-0.3, -0.25) is 4.79 Å². The van der Waals surface area contributed by atoms with E-state index in [0.29, 0.717) is 25.1 Å². The number of benzene rings is 1. The summed E-state index contributed by atoms with van der Waals surface area (Å²) in [5.74, 6) is -1.17. The van der Waals surface area contributed by atoms with Crippen LogP contribution in [0.25, 0.3) is 0 Å². The van der Waals surface area contributed by atoms with E-state index in [1.807, 2.05) is 0 Å². The Morgan fingerprint density at radius 2 is 2.00 bits per heavy atom. The van der Waals surface area contributed by atoms with E-state index < -0.39 is 12.1 Å². The lowest BCUT2D eigenvalue weighted by Crippen LogP contribution is -2.23. The van der Waals surface area contributed by atoms with Gasteiger partial charge in [0, 0.05) is 13.0 Å². The van der Waals surface area contributed by atoms with E-state index in [-0.39, 0.29) is 12.2 Å². The van der Waals surface area contributed by atoms with Crippen LogP contribution in [-0.2, 0) is 4.79 Å². The molecule has 0 saturated carbocycles. The molecule has 1 rings (SSSR count). The average Bonchev–Trinajstić information content (AvgIpc) is 2.29. The zero-order chi connectivity index (χ0) is 12.7. The number of halogens is 1. The Labute approximate surface area is 99.1 Å². The zero-order valence-corrected chi connectivity index (χ0v) is 9.40. The first-order valence-corrected chi connectivity index (χ1v) is 5.45. The van der Waals surface area contributed by atoms with Crippen LogP contribution in [0.5, 0.6) is 0 Å². The Kier molecular flexibility index (Phi) is 5.59. The summed E-state index contributed by atoms with van der Waals surface area (Å²) in [5.41, 5.74) is 0.636. The van der Waals surface area contributed by atoms with E-state index >= 15 is 0 Å². The van der Waals surface area contributed by atoms with Crippen molar-refractivity contribution in [3.8, 4) is 0 Å². The van der Waals surface area contributed by atoms with E-state index in [4.69, 9.17) is 5.11 Å². The van der Waals surface area contributed by atoms with Gasteiger partial charge in [-0.2, -0.15) is 0 Å². The second-order valence-corrected chi connectivity index (χ2v) is 3.77. The molecule has 0 radical (unpaired) electrons. The predicted molar refractivity (Wildman–Crippen MR) is 61.1 cm³/mol. The van der Waals surface area contributed by atoms with Crippen LogP contribution in [0.2, 0.25) is 0 Å². The zero-order valence-electron chi connectivity index (χ0n) is 9.40. The molecule has 0 heterocycles. The first-order valence-electron chi connectivity index (χ1n) is 5.45. The molecule has 0 aliphatic heterocycles. The second kappa shape index (κ2) is 6.98. The Hall–Kier alpha value is -1.46. The number of carboxylic acids is 1. The summed E-state index contributed by atoms with van der Waals surface area (Å²) in [5, 5.41) is 21.1. The predicted octanol–water partition coefficient (Wildman–Crippen LogP) is 1.31. The Balaban J connectivity index is 2.23. The van der Waals surface area contributed by atoms with Gasteiger partial charge in [-0.25, -0.2) is 4.39 Å². The smallest absolute Gasteiger partial charge is 0.303 e. The van der Waals surface area contributed by atoms with Crippen molar-refractivity contribution in [1.82, 2.24) is 5.32 Å². The molecule has 0 fully saturated rings. The van der Waals surface area contributed by atoms with E-state index in [1.165, 1.54) is 24.3 Å². The van der Waals surface area contributed by atoms with Gasteiger partial charge in [-0.15, -0.1) is 0 Å². The van der Waals surface area contributed by atoms with Crippen LogP contribution >= 0.6 is 0 Å². The maximum absolute atomic E-state index is 12.6. The lowest BCUT2D eigenvalue weighted by Gasteiger charge is -2.11. The second-order valence-electron chi connectivity index (χ2n) is 3.77. The highest BCUT2D eigenvalue weighted by Gasteiger charge is 2.06. The van der Waals surface area contributed by atoms with Crippen LogP contribution < -0.4 is 5.32 Å². The maximum Gasteiger partial charge on any atom is 0.303 e. The molecule has 0 aromatic heterocycles. The Bertz CT molecular complexity index is 353. The van der Waals surface area contributed by atoms with Gasteiger partial charge >= 0.3 is 5.97 Å². The topological polar surface area (TPSA) is 69.6 Å². The van der Waals surface area contributed by atoms with Crippen molar-refractivity contribution in [2.45, 2.75) is 18.9 Å². The fraction of sp³-hybridized carbons (Fsp3) is 0.417. The van der Waals surface area contributed by atoms with E-state index in [0.717, 1.165) is 0 Å². The van der Waals surface area contributed by atoms with Gasteiger partial charge in [-0.1, -0.05) is 12.1 Å². The highest BCUT2D eigenvalue weighted by atomic mass is 19.1. The van der Waals surface area contributed by atoms with Gasteiger partial charge in [0.1, 0.15) is 5.82 Å². The molecule has 0 saturated heterocycles. The first-order chi connectivity index (χ1) is 8.09. The Morgan fingerprint density at radius 3 is 2.59 bits per heavy atom. The van der Waals surface area contributed by atoms with Gasteiger partial charge in [0.15, 0.2) is 0 Å². The molecule has 0 spiro atoms. The fourth-order valence-electron chi connectivity index (χ4n) is 1.41. The fourth-order valence-corrected chi connectivity index (χ4v) is 1.41. The number of carboxylic acid groups (broad SMARTS) is 1.